The SMILES string of the molecule is CCCCCCOc1ccc(-c2cccc(C(=O)OC(C)C)n2)cc1. The second-order valence-corrected chi connectivity index (χ2v) is 6.30. The average molecular weight is 341 g/mol. The molecule has 0 aliphatic carbocycles. The van der Waals surface area contributed by atoms with E-state index in [2.05, 4.69) is 11.9 Å². The Morgan fingerprint density at radius 2 is 1.80 bits per heavy atom. The fraction of sp³-hybridized carbons (Fsp3) is 0.429. The number of rotatable bonds is 9. The highest BCUT2D eigenvalue weighted by Gasteiger charge is 2.12. The molecule has 1 aromatic heterocycles. The molecule has 0 amide bonds. The van der Waals surface area contributed by atoms with Crippen LogP contribution in [0.4, 0.5) is 0 Å². The van der Waals surface area contributed by atoms with Crippen LogP contribution in [-0.2, 0) is 4.74 Å². The van der Waals surface area contributed by atoms with Gasteiger partial charge in [-0.25, -0.2) is 9.78 Å². The Labute approximate surface area is 150 Å². The average Bonchev–Trinajstić information content (AvgIpc) is 2.62. The van der Waals surface area contributed by atoms with Gasteiger partial charge in [0.2, 0.25) is 0 Å². The number of carbonyl (C=O) groups is 1. The Hall–Kier alpha value is -2.36. The van der Waals surface area contributed by atoms with Crippen molar-refractivity contribution >= 4 is 5.97 Å². The number of unbranched alkanes of at least 4 members (excludes halogenated alkanes) is 3. The zero-order chi connectivity index (χ0) is 18.1. The third kappa shape index (κ3) is 6.22. The summed E-state index contributed by atoms with van der Waals surface area (Å²) in [7, 11) is 0. The molecule has 0 saturated carbocycles. The summed E-state index contributed by atoms with van der Waals surface area (Å²) in [6, 6.07) is 13.2. The summed E-state index contributed by atoms with van der Waals surface area (Å²) in [6.07, 6.45) is 4.61. The predicted molar refractivity (Wildman–Crippen MR) is 99.9 cm³/mol. The summed E-state index contributed by atoms with van der Waals surface area (Å²) < 4.78 is 11.0. The van der Waals surface area contributed by atoms with Crippen molar-refractivity contribution in [2.45, 2.75) is 52.6 Å². The van der Waals surface area contributed by atoms with Crippen molar-refractivity contribution in [2.75, 3.05) is 6.61 Å². The Bertz CT molecular complexity index is 665. The van der Waals surface area contributed by atoms with Gasteiger partial charge in [-0.2, -0.15) is 0 Å². The first-order valence-electron chi connectivity index (χ1n) is 9.01. The van der Waals surface area contributed by atoms with E-state index in [0.717, 1.165) is 30.0 Å². The molecule has 1 heterocycles. The van der Waals surface area contributed by atoms with Gasteiger partial charge in [-0.15, -0.1) is 0 Å². The number of aromatic nitrogens is 1. The van der Waals surface area contributed by atoms with Crippen molar-refractivity contribution < 1.29 is 14.3 Å². The normalized spacial score (nSPS) is 10.7. The van der Waals surface area contributed by atoms with Gasteiger partial charge in [0.1, 0.15) is 11.4 Å². The lowest BCUT2D eigenvalue weighted by Crippen LogP contribution is -2.13. The monoisotopic (exact) mass is 341 g/mol. The van der Waals surface area contributed by atoms with Crippen molar-refractivity contribution in [3.63, 3.8) is 0 Å². The summed E-state index contributed by atoms with van der Waals surface area (Å²) in [6.45, 7) is 6.59. The van der Waals surface area contributed by atoms with Crippen molar-refractivity contribution in [2.24, 2.45) is 0 Å². The molecule has 0 unspecified atom stereocenters. The highest BCUT2D eigenvalue weighted by Crippen LogP contribution is 2.21. The maximum absolute atomic E-state index is 12.0. The van der Waals surface area contributed by atoms with E-state index in [1.165, 1.54) is 19.3 Å². The smallest absolute Gasteiger partial charge is 0.357 e. The minimum atomic E-state index is -0.399. The van der Waals surface area contributed by atoms with Gasteiger partial charge >= 0.3 is 5.97 Å². The lowest BCUT2D eigenvalue weighted by Gasteiger charge is -2.09. The second-order valence-electron chi connectivity index (χ2n) is 6.30. The highest BCUT2D eigenvalue weighted by atomic mass is 16.5. The van der Waals surface area contributed by atoms with E-state index in [-0.39, 0.29) is 6.10 Å². The maximum Gasteiger partial charge on any atom is 0.357 e. The molecule has 4 nitrogen and oxygen atoms in total. The van der Waals surface area contributed by atoms with Crippen LogP contribution >= 0.6 is 0 Å². The molecule has 0 N–H and O–H groups in total. The predicted octanol–water partition coefficient (Wildman–Crippen LogP) is 5.27. The Balaban J connectivity index is 1.98. The first kappa shape index (κ1) is 19.0. The van der Waals surface area contributed by atoms with Crippen LogP contribution in [0.15, 0.2) is 42.5 Å². The fourth-order valence-corrected chi connectivity index (χ4v) is 2.42. The molecule has 1 aromatic carbocycles. The van der Waals surface area contributed by atoms with Crippen LogP contribution in [-0.4, -0.2) is 23.7 Å². The van der Waals surface area contributed by atoms with Gasteiger partial charge in [0.15, 0.2) is 0 Å². The molecule has 2 aromatic rings. The number of pyridine rings is 1. The largest absolute Gasteiger partial charge is 0.494 e. The summed E-state index contributed by atoms with van der Waals surface area (Å²) in [5.74, 6) is 0.458. The Kier molecular flexibility index (Phi) is 7.45. The van der Waals surface area contributed by atoms with Gasteiger partial charge in [-0.3, -0.25) is 0 Å². The molecule has 0 radical (unpaired) electrons. The standard InChI is InChI=1S/C21H27NO3/c1-4-5-6-7-15-24-18-13-11-17(12-14-18)19-9-8-10-20(22-19)21(23)25-16(2)3/h8-14,16H,4-7,15H2,1-3H3. The van der Waals surface area contributed by atoms with Crippen LogP contribution in [0.2, 0.25) is 0 Å². The summed E-state index contributed by atoms with van der Waals surface area (Å²) in [5, 5.41) is 0. The first-order chi connectivity index (χ1) is 12.1. The van der Waals surface area contributed by atoms with Crippen molar-refractivity contribution in [1.29, 1.82) is 0 Å². The second kappa shape index (κ2) is 9.82. The van der Waals surface area contributed by atoms with Gasteiger partial charge in [0.25, 0.3) is 0 Å². The number of hydrogen-bond acceptors (Lipinski definition) is 4. The van der Waals surface area contributed by atoms with Crippen LogP contribution in [0.3, 0.4) is 0 Å². The van der Waals surface area contributed by atoms with Gasteiger partial charge < -0.3 is 9.47 Å². The van der Waals surface area contributed by atoms with Crippen LogP contribution in [0.25, 0.3) is 11.3 Å². The molecule has 134 valence electrons. The molecule has 0 bridgehead atoms. The van der Waals surface area contributed by atoms with E-state index >= 15 is 0 Å². The van der Waals surface area contributed by atoms with E-state index in [1.807, 2.05) is 50.2 Å². The zero-order valence-corrected chi connectivity index (χ0v) is 15.3. The third-order valence-corrected chi connectivity index (χ3v) is 3.72. The molecule has 0 aliphatic heterocycles. The quantitative estimate of drug-likeness (QED) is 0.460. The first-order valence-corrected chi connectivity index (χ1v) is 9.01. The minimum absolute atomic E-state index is 0.160. The van der Waals surface area contributed by atoms with E-state index in [1.54, 1.807) is 6.07 Å². The van der Waals surface area contributed by atoms with E-state index < -0.39 is 5.97 Å². The molecular formula is C21H27NO3. The molecule has 0 aliphatic rings. The van der Waals surface area contributed by atoms with Crippen molar-refractivity contribution in [3.8, 4) is 17.0 Å². The Morgan fingerprint density at radius 3 is 2.48 bits per heavy atom. The number of esters is 1. The number of ether oxygens (including phenoxy) is 2. The lowest BCUT2D eigenvalue weighted by atomic mass is 10.1. The number of nitrogens with zero attached hydrogens (tertiary/aromatic N) is 1. The molecule has 0 saturated heterocycles. The van der Waals surface area contributed by atoms with Crippen LogP contribution in [0.1, 0.15) is 56.9 Å². The summed E-state index contributed by atoms with van der Waals surface area (Å²) in [5.41, 5.74) is 2.01. The topological polar surface area (TPSA) is 48.4 Å². The molecular weight excluding hydrogens is 314 g/mol. The van der Waals surface area contributed by atoms with E-state index in [0.29, 0.717) is 5.69 Å². The summed E-state index contributed by atoms with van der Waals surface area (Å²) in [4.78, 5) is 16.4. The van der Waals surface area contributed by atoms with E-state index in [9.17, 15) is 4.79 Å². The van der Waals surface area contributed by atoms with Crippen LogP contribution in [0, 0.1) is 0 Å². The third-order valence-electron chi connectivity index (χ3n) is 3.72. The molecule has 0 spiro atoms. The van der Waals surface area contributed by atoms with Crippen LogP contribution < -0.4 is 4.74 Å². The molecule has 2 rings (SSSR count). The van der Waals surface area contributed by atoms with Gasteiger partial charge in [-0.1, -0.05) is 32.3 Å². The van der Waals surface area contributed by atoms with Gasteiger partial charge in [0.05, 0.1) is 18.4 Å². The number of benzene rings is 1. The maximum atomic E-state index is 12.0. The van der Waals surface area contributed by atoms with Crippen molar-refractivity contribution in [3.05, 3.63) is 48.2 Å². The molecule has 0 atom stereocenters. The van der Waals surface area contributed by atoms with Gasteiger partial charge in [-0.05, 0) is 56.7 Å². The fourth-order valence-electron chi connectivity index (χ4n) is 2.42. The van der Waals surface area contributed by atoms with Crippen LogP contribution in [0.5, 0.6) is 5.75 Å². The molecule has 0 fully saturated rings. The number of carbonyl (C=O) groups excluding carboxylic acids is 1. The van der Waals surface area contributed by atoms with Gasteiger partial charge in [0, 0.05) is 5.56 Å². The molecule has 25 heavy (non-hydrogen) atoms. The van der Waals surface area contributed by atoms with Crippen molar-refractivity contribution in [1.82, 2.24) is 4.98 Å². The molecule has 4 heteroatoms. The number of hydrogen-bond donors (Lipinski definition) is 0. The zero-order valence-electron chi connectivity index (χ0n) is 15.3. The Morgan fingerprint density at radius 1 is 1.04 bits per heavy atom. The highest BCUT2D eigenvalue weighted by molar-refractivity contribution is 5.88. The lowest BCUT2D eigenvalue weighted by molar-refractivity contribution is 0.0371. The van der Waals surface area contributed by atoms with E-state index in [4.69, 9.17) is 9.47 Å². The minimum Gasteiger partial charge on any atom is -0.494 e. The summed E-state index contributed by atoms with van der Waals surface area (Å²) >= 11 is 0.